The Balaban J connectivity index is 2.03. The van der Waals surface area contributed by atoms with Crippen molar-refractivity contribution in [1.82, 2.24) is 5.32 Å². The maximum atomic E-state index is 11.4. The van der Waals surface area contributed by atoms with Gasteiger partial charge in [0.1, 0.15) is 0 Å². The highest BCUT2D eigenvalue weighted by atomic mass is 16.1. The van der Waals surface area contributed by atoms with E-state index in [9.17, 15) is 4.79 Å². The Bertz CT molecular complexity index is 436. The summed E-state index contributed by atoms with van der Waals surface area (Å²) in [6.45, 7) is 0. The van der Waals surface area contributed by atoms with E-state index < -0.39 is 0 Å². The van der Waals surface area contributed by atoms with Crippen LogP contribution in [0.15, 0.2) is 24.3 Å². The summed E-state index contributed by atoms with van der Waals surface area (Å²) in [5.41, 5.74) is 13.4. The molecule has 0 saturated heterocycles. The van der Waals surface area contributed by atoms with Gasteiger partial charge < -0.3 is 16.8 Å². The zero-order valence-corrected chi connectivity index (χ0v) is 8.94. The minimum absolute atomic E-state index is 0.0793. The van der Waals surface area contributed by atoms with Gasteiger partial charge in [0.2, 0.25) is 5.91 Å². The molecule has 1 saturated carbocycles. The first-order valence-electron chi connectivity index (χ1n) is 5.29. The number of carbonyl (C=O) groups is 1. The average Bonchev–Trinajstić information content (AvgIpc) is 3.03. The molecule has 1 fully saturated rings. The molecule has 2 rings (SSSR count). The number of nitrogens with one attached hydrogen (secondary N) is 1. The first-order valence-corrected chi connectivity index (χ1v) is 5.29. The van der Waals surface area contributed by atoms with Crippen LogP contribution in [0.1, 0.15) is 18.4 Å². The fourth-order valence-electron chi connectivity index (χ4n) is 1.38. The maximum Gasteiger partial charge on any atom is 0.244 e. The number of nitrogen functional groups attached to an aromatic ring is 2. The van der Waals surface area contributed by atoms with Crippen LogP contribution in [0.5, 0.6) is 0 Å². The molecule has 1 aromatic carbocycles. The van der Waals surface area contributed by atoms with Crippen LogP contribution in [0.25, 0.3) is 6.08 Å². The van der Waals surface area contributed by atoms with Crippen LogP contribution in [0.3, 0.4) is 0 Å². The molecule has 4 heteroatoms. The predicted octanol–water partition coefficient (Wildman–Crippen LogP) is 1.14. The fourth-order valence-corrected chi connectivity index (χ4v) is 1.38. The van der Waals surface area contributed by atoms with Crippen LogP contribution in [0.4, 0.5) is 11.4 Å². The summed E-state index contributed by atoms with van der Waals surface area (Å²) in [6, 6.07) is 5.58. The molecule has 0 spiro atoms. The summed E-state index contributed by atoms with van der Waals surface area (Å²) < 4.78 is 0. The Morgan fingerprint density at radius 3 is 2.81 bits per heavy atom. The van der Waals surface area contributed by atoms with Crippen molar-refractivity contribution in [3.05, 3.63) is 29.8 Å². The highest BCUT2D eigenvalue weighted by Gasteiger charge is 2.21. The molecule has 84 valence electrons. The SMILES string of the molecule is Nc1ccc(N)c(C=CC(=O)NC2CC2)c1. The number of rotatable bonds is 3. The number of hydrogen-bond acceptors (Lipinski definition) is 3. The van der Waals surface area contributed by atoms with Crippen molar-refractivity contribution in [2.75, 3.05) is 11.5 Å². The second-order valence-corrected chi connectivity index (χ2v) is 4.00. The van der Waals surface area contributed by atoms with Gasteiger partial charge in [-0.1, -0.05) is 0 Å². The Morgan fingerprint density at radius 1 is 1.38 bits per heavy atom. The third-order valence-corrected chi connectivity index (χ3v) is 2.45. The smallest absolute Gasteiger partial charge is 0.244 e. The standard InChI is InChI=1S/C12H15N3O/c13-9-2-5-11(14)8(7-9)1-6-12(16)15-10-3-4-10/h1-2,5-7,10H,3-4,13-14H2,(H,15,16). The highest BCUT2D eigenvalue weighted by molar-refractivity contribution is 5.93. The van der Waals surface area contributed by atoms with E-state index in [2.05, 4.69) is 5.32 Å². The largest absolute Gasteiger partial charge is 0.399 e. The number of amides is 1. The molecule has 0 heterocycles. The third kappa shape index (κ3) is 2.76. The van der Waals surface area contributed by atoms with Crippen molar-refractivity contribution in [2.45, 2.75) is 18.9 Å². The van der Waals surface area contributed by atoms with Crippen LogP contribution < -0.4 is 16.8 Å². The van der Waals surface area contributed by atoms with Gasteiger partial charge >= 0.3 is 0 Å². The van der Waals surface area contributed by atoms with Crippen molar-refractivity contribution in [3.8, 4) is 0 Å². The van der Waals surface area contributed by atoms with Crippen LogP contribution in [-0.4, -0.2) is 11.9 Å². The van der Waals surface area contributed by atoms with E-state index >= 15 is 0 Å². The highest BCUT2D eigenvalue weighted by Crippen LogP contribution is 2.19. The normalized spacial score (nSPS) is 15.2. The van der Waals surface area contributed by atoms with Crippen molar-refractivity contribution >= 4 is 23.4 Å². The van der Waals surface area contributed by atoms with E-state index in [1.54, 1.807) is 24.3 Å². The fraction of sp³-hybridized carbons (Fsp3) is 0.250. The van der Waals surface area contributed by atoms with E-state index in [1.807, 2.05) is 0 Å². The van der Waals surface area contributed by atoms with Crippen LogP contribution in [0, 0.1) is 0 Å². The summed E-state index contributed by atoms with van der Waals surface area (Å²) >= 11 is 0. The second kappa shape index (κ2) is 4.26. The molecule has 0 unspecified atom stereocenters. The number of anilines is 2. The lowest BCUT2D eigenvalue weighted by atomic mass is 10.1. The summed E-state index contributed by atoms with van der Waals surface area (Å²) in [7, 11) is 0. The number of hydrogen-bond donors (Lipinski definition) is 3. The molecule has 0 bridgehead atoms. The molecule has 1 aliphatic carbocycles. The van der Waals surface area contributed by atoms with Gasteiger partial charge in [0.05, 0.1) is 0 Å². The van der Waals surface area contributed by atoms with Gasteiger partial charge in [0.15, 0.2) is 0 Å². The molecule has 1 aromatic rings. The molecule has 0 aromatic heterocycles. The van der Waals surface area contributed by atoms with Crippen molar-refractivity contribution < 1.29 is 4.79 Å². The molecular weight excluding hydrogens is 202 g/mol. The lowest BCUT2D eigenvalue weighted by Gasteiger charge is -2.01. The van der Waals surface area contributed by atoms with E-state index in [4.69, 9.17) is 11.5 Å². The predicted molar refractivity (Wildman–Crippen MR) is 65.5 cm³/mol. The Labute approximate surface area is 94.3 Å². The Kier molecular flexibility index (Phi) is 2.81. The number of nitrogens with two attached hydrogens (primary N) is 2. The topological polar surface area (TPSA) is 81.1 Å². The van der Waals surface area contributed by atoms with Gasteiger partial charge in [0.25, 0.3) is 0 Å². The van der Waals surface area contributed by atoms with Gasteiger partial charge in [-0.15, -0.1) is 0 Å². The van der Waals surface area contributed by atoms with Crippen LogP contribution in [-0.2, 0) is 4.79 Å². The molecular formula is C12H15N3O. The van der Waals surface area contributed by atoms with Crippen LogP contribution in [0.2, 0.25) is 0 Å². The maximum absolute atomic E-state index is 11.4. The summed E-state index contributed by atoms with van der Waals surface area (Å²) in [5, 5.41) is 2.86. The molecule has 0 radical (unpaired) electrons. The summed E-state index contributed by atoms with van der Waals surface area (Å²) in [6.07, 6.45) is 5.34. The lowest BCUT2D eigenvalue weighted by molar-refractivity contribution is -0.116. The molecule has 5 N–H and O–H groups in total. The Hall–Kier alpha value is -1.97. The molecule has 16 heavy (non-hydrogen) atoms. The van der Waals surface area contributed by atoms with Gasteiger partial charge in [-0.3, -0.25) is 4.79 Å². The second-order valence-electron chi connectivity index (χ2n) is 4.00. The molecule has 1 amide bonds. The van der Waals surface area contributed by atoms with Crippen LogP contribution >= 0.6 is 0 Å². The van der Waals surface area contributed by atoms with Gasteiger partial charge in [-0.2, -0.15) is 0 Å². The summed E-state index contributed by atoms with van der Waals surface area (Å²) in [5.74, 6) is -0.0793. The Morgan fingerprint density at radius 2 is 2.12 bits per heavy atom. The minimum Gasteiger partial charge on any atom is -0.399 e. The van der Waals surface area contributed by atoms with Gasteiger partial charge in [-0.05, 0) is 42.7 Å². The summed E-state index contributed by atoms with van der Waals surface area (Å²) in [4.78, 5) is 11.4. The van der Waals surface area contributed by atoms with Crippen molar-refractivity contribution in [2.24, 2.45) is 0 Å². The van der Waals surface area contributed by atoms with Gasteiger partial charge in [0, 0.05) is 23.5 Å². The average molecular weight is 217 g/mol. The molecule has 0 atom stereocenters. The van der Waals surface area contributed by atoms with E-state index in [0.29, 0.717) is 17.4 Å². The number of benzene rings is 1. The number of carbonyl (C=O) groups excluding carboxylic acids is 1. The molecule has 4 nitrogen and oxygen atoms in total. The third-order valence-electron chi connectivity index (χ3n) is 2.45. The minimum atomic E-state index is -0.0793. The first-order chi connectivity index (χ1) is 7.65. The lowest BCUT2D eigenvalue weighted by Crippen LogP contribution is -2.22. The monoisotopic (exact) mass is 217 g/mol. The zero-order chi connectivity index (χ0) is 11.5. The quantitative estimate of drug-likeness (QED) is 0.524. The van der Waals surface area contributed by atoms with E-state index in [1.165, 1.54) is 6.08 Å². The van der Waals surface area contributed by atoms with Crippen molar-refractivity contribution in [3.63, 3.8) is 0 Å². The van der Waals surface area contributed by atoms with Crippen molar-refractivity contribution in [1.29, 1.82) is 0 Å². The zero-order valence-electron chi connectivity index (χ0n) is 8.94. The first kappa shape index (κ1) is 10.5. The van der Waals surface area contributed by atoms with Gasteiger partial charge in [-0.25, -0.2) is 0 Å². The van der Waals surface area contributed by atoms with E-state index in [0.717, 1.165) is 18.4 Å². The molecule has 0 aliphatic heterocycles. The molecule has 1 aliphatic rings. The van der Waals surface area contributed by atoms with E-state index in [-0.39, 0.29) is 5.91 Å².